The molecule has 1 atom stereocenters. The molecule has 2 aromatic heterocycles. The molecule has 2 N–H and O–H groups in total. The number of hydrogen-bond donors (Lipinski definition) is 2. The molecule has 0 bridgehead atoms. The van der Waals surface area contributed by atoms with Crippen LogP contribution in [0.5, 0.6) is 0 Å². The van der Waals surface area contributed by atoms with Gasteiger partial charge in [-0.15, -0.1) is 0 Å². The highest BCUT2D eigenvalue weighted by atomic mass is 16.2. The number of amides is 1. The highest BCUT2D eigenvalue weighted by molar-refractivity contribution is 6.07. The van der Waals surface area contributed by atoms with Crippen LogP contribution in [-0.4, -0.2) is 39.1 Å². The van der Waals surface area contributed by atoms with Crippen molar-refractivity contribution in [1.29, 1.82) is 0 Å². The van der Waals surface area contributed by atoms with Gasteiger partial charge < -0.3 is 9.88 Å². The molecular weight excluding hydrogens is 336 g/mol. The van der Waals surface area contributed by atoms with Crippen LogP contribution in [0, 0.1) is 0 Å². The molecule has 27 heavy (non-hydrogen) atoms. The Morgan fingerprint density at radius 2 is 1.96 bits per heavy atom. The van der Waals surface area contributed by atoms with Crippen LogP contribution in [0.4, 0.5) is 0 Å². The summed E-state index contributed by atoms with van der Waals surface area (Å²) in [5.41, 5.74) is 5.14. The predicted octanol–water partition coefficient (Wildman–Crippen LogP) is 4.19. The first-order chi connectivity index (χ1) is 13.3. The third kappa shape index (κ3) is 2.81. The molecule has 1 amide bonds. The molecule has 1 saturated heterocycles. The Morgan fingerprint density at radius 1 is 1.07 bits per heavy atom. The first kappa shape index (κ1) is 15.9. The summed E-state index contributed by atoms with van der Waals surface area (Å²) < 4.78 is 0. The number of hydrogen-bond acceptors (Lipinski definition) is 2. The Hall–Kier alpha value is -3.34. The summed E-state index contributed by atoms with van der Waals surface area (Å²) in [7, 11) is 0. The summed E-state index contributed by atoms with van der Waals surface area (Å²) in [5, 5.41) is 7.80. The van der Waals surface area contributed by atoms with Gasteiger partial charge in [-0.05, 0) is 23.6 Å². The van der Waals surface area contributed by atoms with Crippen molar-refractivity contribution in [2.24, 2.45) is 0 Å². The number of fused-ring (bicyclic) bond motifs is 1. The second-order valence-electron chi connectivity index (χ2n) is 7.10. The zero-order chi connectivity index (χ0) is 18.2. The number of nitrogens with zero attached hydrogens (tertiary/aromatic N) is 2. The summed E-state index contributed by atoms with van der Waals surface area (Å²) in [6, 6.07) is 16.6. The van der Waals surface area contributed by atoms with Crippen LogP contribution < -0.4 is 0 Å². The van der Waals surface area contributed by atoms with E-state index < -0.39 is 0 Å². The maximum atomic E-state index is 13.1. The lowest BCUT2D eigenvalue weighted by molar-refractivity contribution is 0.0793. The summed E-state index contributed by atoms with van der Waals surface area (Å²) in [6.45, 7) is 1.58. The molecule has 2 aromatic carbocycles. The van der Waals surface area contributed by atoms with E-state index in [9.17, 15) is 4.79 Å². The van der Waals surface area contributed by atoms with Gasteiger partial charge in [-0.3, -0.25) is 9.89 Å². The maximum Gasteiger partial charge on any atom is 0.256 e. The summed E-state index contributed by atoms with van der Waals surface area (Å²) in [4.78, 5) is 18.3. The van der Waals surface area contributed by atoms with E-state index in [-0.39, 0.29) is 5.91 Å². The van der Waals surface area contributed by atoms with Gasteiger partial charge in [0.1, 0.15) is 0 Å². The van der Waals surface area contributed by atoms with E-state index in [0.29, 0.717) is 5.92 Å². The highest BCUT2D eigenvalue weighted by Crippen LogP contribution is 2.30. The smallest absolute Gasteiger partial charge is 0.256 e. The zero-order valence-electron chi connectivity index (χ0n) is 14.9. The molecular formula is C22H20N4O. The topological polar surface area (TPSA) is 64.8 Å². The Labute approximate surface area is 157 Å². The lowest BCUT2D eigenvalue weighted by Gasteiger charge is -2.16. The number of aromatic nitrogens is 3. The molecule has 0 spiro atoms. The fraction of sp³-hybridized carbons (Fsp3) is 0.182. The van der Waals surface area contributed by atoms with Gasteiger partial charge in [0.25, 0.3) is 5.91 Å². The molecule has 1 aliphatic rings. The molecule has 0 radical (unpaired) electrons. The van der Waals surface area contributed by atoms with E-state index in [0.717, 1.165) is 47.1 Å². The average molecular weight is 356 g/mol. The zero-order valence-corrected chi connectivity index (χ0v) is 14.9. The second kappa shape index (κ2) is 6.43. The summed E-state index contributed by atoms with van der Waals surface area (Å²) in [5.74, 6) is 0.531. The van der Waals surface area contributed by atoms with Gasteiger partial charge in [0, 0.05) is 47.9 Å². The number of aromatic amines is 2. The predicted molar refractivity (Wildman–Crippen MR) is 106 cm³/mol. The van der Waals surface area contributed by atoms with Crippen molar-refractivity contribution in [3.05, 3.63) is 78.2 Å². The van der Waals surface area contributed by atoms with Gasteiger partial charge in [-0.1, -0.05) is 42.5 Å². The Bertz CT molecular complexity index is 1080. The molecule has 5 nitrogen and oxygen atoms in total. The quantitative estimate of drug-likeness (QED) is 0.578. The number of likely N-dealkylation sites (tertiary alicyclic amines) is 1. The molecule has 3 heterocycles. The van der Waals surface area contributed by atoms with E-state index in [1.165, 1.54) is 5.56 Å². The molecule has 4 aromatic rings. The standard InChI is InChI=1S/C22H20N4O/c27-22(26-9-8-17(14-26)15-4-2-1-3-5-15)20-13-23-21-10-16(6-7-19(20)21)18-11-24-25-12-18/h1-7,10-13,17,23H,8-9,14H2,(H,24,25). The van der Waals surface area contributed by atoms with Gasteiger partial charge in [0.05, 0.1) is 11.8 Å². The van der Waals surface area contributed by atoms with E-state index in [1.807, 2.05) is 35.5 Å². The van der Waals surface area contributed by atoms with E-state index in [1.54, 1.807) is 6.20 Å². The fourth-order valence-electron chi connectivity index (χ4n) is 4.00. The van der Waals surface area contributed by atoms with Gasteiger partial charge in [-0.2, -0.15) is 5.10 Å². The van der Waals surface area contributed by atoms with Crippen LogP contribution in [0.25, 0.3) is 22.0 Å². The molecule has 0 saturated carbocycles. The monoisotopic (exact) mass is 356 g/mol. The number of benzene rings is 2. The van der Waals surface area contributed by atoms with Crippen LogP contribution in [0.3, 0.4) is 0 Å². The van der Waals surface area contributed by atoms with Crippen LogP contribution in [0.15, 0.2) is 67.1 Å². The van der Waals surface area contributed by atoms with Gasteiger partial charge in [0.15, 0.2) is 0 Å². The minimum absolute atomic E-state index is 0.107. The summed E-state index contributed by atoms with van der Waals surface area (Å²) >= 11 is 0. The Balaban J connectivity index is 1.40. The van der Waals surface area contributed by atoms with Crippen LogP contribution in [0.2, 0.25) is 0 Å². The number of H-pyrrole nitrogens is 2. The van der Waals surface area contributed by atoms with E-state index in [2.05, 4.69) is 45.5 Å². The number of nitrogens with one attached hydrogen (secondary N) is 2. The van der Waals surface area contributed by atoms with Crippen molar-refractivity contribution in [3.63, 3.8) is 0 Å². The first-order valence-corrected chi connectivity index (χ1v) is 9.24. The SMILES string of the molecule is O=C(c1c[nH]c2cc(-c3cn[nH]c3)ccc12)N1CCC(c2ccccc2)C1. The third-order valence-electron chi connectivity index (χ3n) is 5.49. The van der Waals surface area contributed by atoms with Gasteiger partial charge >= 0.3 is 0 Å². The Morgan fingerprint density at radius 3 is 2.78 bits per heavy atom. The third-order valence-corrected chi connectivity index (χ3v) is 5.49. The largest absolute Gasteiger partial charge is 0.360 e. The second-order valence-corrected chi connectivity index (χ2v) is 7.10. The molecule has 5 heteroatoms. The number of carbonyl (C=O) groups excluding carboxylic acids is 1. The lowest BCUT2D eigenvalue weighted by Crippen LogP contribution is -2.28. The van der Waals surface area contributed by atoms with Crippen LogP contribution in [0.1, 0.15) is 28.3 Å². The van der Waals surface area contributed by atoms with Gasteiger partial charge in [-0.25, -0.2) is 0 Å². The van der Waals surface area contributed by atoms with Crippen LogP contribution in [-0.2, 0) is 0 Å². The highest BCUT2D eigenvalue weighted by Gasteiger charge is 2.29. The van der Waals surface area contributed by atoms with Crippen molar-refractivity contribution in [1.82, 2.24) is 20.1 Å². The molecule has 1 fully saturated rings. The molecule has 134 valence electrons. The average Bonchev–Trinajstić information content (AvgIpc) is 3.48. The van der Waals surface area contributed by atoms with Crippen molar-refractivity contribution in [3.8, 4) is 11.1 Å². The van der Waals surface area contributed by atoms with Crippen molar-refractivity contribution in [2.75, 3.05) is 13.1 Å². The summed E-state index contributed by atoms with van der Waals surface area (Å²) in [6.07, 6.45) is 6.51. The molecule has 1 aliphatic heterocycles. The van der Waals surface area contributed by atoms with Crippen molar-refractivity contribution in [2.45, 2.75) is 12.3 Å². The number of rotatable bonds is 3. The van der Waals surface area contributed by atoms with Gasteiger partial charge in [0.2, 0.25) is 0 Å². The minimum Gasteiger partial charge on any atom is -0.360 e. The minimum atomic E-state index is 0.107. The first-order valence-electron chi connectivity index (χ1n) is 9.24. The van der Waals surface area contributed by atoms with Crippen molar-refractivity contribution < 1.29 is 4.79 Å². The number of carbonyl (C=O) groups is 1. The lowest BCUT2D eigenvalue weighted by atomic mass is 9.99. The van der Waals surface area contributed by atoms with Crippen molar-refractivity contribution >= 4 is 16.8 Å². The van der Waals surface area contributed by atoms with E-state index >= 15 is 0 Å². The Kier molecular flexibility index (Phi) is 3.78. The van der Waals surface area contributed by atoms with E-state index in [4.69, 9.17) is 0 Å². The fourth-order valence-corrected chi connectivity index (χ4v) is 4.00. The molecule has 1 unspecified atom stereocenters. The molecule has 0 aliphatic carbocycles. The maximum absolute atomic E-state index is 13.1. The normalized spacial score (nSPS) is 16.9. The van der Waals surface area contributed by atoms with Crippen LogP contribution >= 0.6 is 0 Å². The molecule has 5 rings (SSSR count).